The van der Waals surface area contributed by atoms with Crippen molar-refractivity contribution in [3.63, 3.8) is 0 Å². The molecule has 0 saturated heterocycles. The first-order valence-electron chi connectivity index (χ1n) is 5.87. The van der Waals surface area contributed by atoms with E-state index in [4.69, 9.17) is 14.6 Å². The second-order valence-corrected chi connectivity index (χ2v) is 3.83. The molecule has 1 aromatic rings. The fourth-order valence-electron chi connectivity index (χ4n) is 1.68. The number of methoxy groups -OCH3 is 2. The maximum absolute atomic E-state index is 13.8. The molecule has 0 heterocycles. The van der Waals surface area contributed by atoms with Crippen LogP contribution < -0.4 is 4.74 Å². The van der Waals surface area contributed by atoms with Crippen molar-refractivity contribution in [2.45, 2.75) is 0 Å². The summed E-state index contributed by atoms with van der Waals surface area (Å²) >= 11 is 0. The molecule has 0 unspecified atom stereocenters. The van der Waals surface area contributed by atoms with Crippen molar-refractivity contribution in [1.29, 1.82) is 0 Å². The summed E-state index contributed by atoms with van der Waals surface area (Å²) in [6.07, 6.45) is 0. The summed E-state index contributed by atoms with van der Waals surface area (Å²) in [5.74, 6) is -1.00. The van der Waals surface area contributed by atoms with Crippen molar-refractivity contribution < 1.29 is 23.8 Å². The minimum Gasteiger partial charge on any atom is -0.496 e. The van der Waals surface area contributed by atoms with Crippen molar-refractivity contribution in [1.82, 2.24) is 4.90 Å². The summed E-state index contributed by atoms with van der Waals surface area (Å²) in [4.78, 5) is 13.6. The Bertz CT molecular complexity index is 425. The van der Waals surface area contributed by atoms with Crippen molar-refractivity contribution in [2.75, 3.05) is 40.5 Å². The highest BCUT2D eigenvalue weighted by Gasteiger charge is 2.22. The lowest BCUT2D eigenvalue weighted by molar-refractivity contribution is 0.0648. The predicted octanol–water partition coefficient (Wildman–Crippen LogP) is 0.915. The second kappa shape index (κ2) is 7.70. The molecule has 1 amide bonds. The van der Waals surface area contributed by atoms with Crippen molar-refractivity contribution in [3.05, 3.63) is 29.6 Å². The molecule has 0 atom stereocenters. The van der Waals surface area contributed by atoms with E-state index in [0.29, 0.717) is 6.61 Å². The smallest absolute Gasteiger partial charge is 0.260 e. The van der Waals surface area contributed by atoms with E-state index < -0.39 is 11.7 Å². The predicted molar refractivity (Wildman–Crippen MR) is 67.8 cm³/mol. The third-order valence-corrected chi connectivity index (χ3v) is 2.63. The van der Waals surface area contributed by atoms with Gasteiger partial charge in [-0.2, -0.15) is 0 Å². The van der Waals surface area contributed by atoms with Gasteiger partial charge < -0.3 is 19.5 Å². The first-order chi connectivity index (χ1) is 9.15. The van der Waals surface area contributed by atoms with Gasteiger partial charge >= 0.3 is 0 Å². The molecule has 0 bridgehead atoms. The number of carbonyl (C=O) groups is 1. The van der Waals surface area contributed by atoms with E-state index >= 15 is 0 Å². The van der Waals surface area contributed by atoms with E-state index in [1.807, 2.05) is 0 Å². The number of rotatable bonds is 7. The van der Waals surface area contributed by atoms with Crippen LogP contribution in [0.4, 0.5) is 4.39 Å². The summed E-state index contributed by atoms with van der Waals surface area (Å²) in [6.45, 7) is 0.488. The number of benzene rings is 1. The lowest BCUT2D eigenvalue weighted by atomic mass is 10.1. The van der Waals surface area contributed by atoms with Gasteiger partial charge in [-0.05, 0) is 12.1 Å². The molecule has 1 rings (SSSR count). The third-order valence-electron chi connectivity index (χ3n) is 2.63. The average molecular weight is 271 g/mol. The molecule has 0 radical (unpaired) electrons. The Morgan fingerprint density at radius 2 is 2.11 bits per heavy atom. The van der Waals surface area contributed by atoms with Crippen molar-refractivity contribution in [3.8, 4) is 5.75 Å². The first-order valence-corrected chi connectivity index (χ1v) is 5.87. The fraction of sp³-hybridized carbons (Fsp3) is 0.462. The maximum Gasteiger partial charge on any atom is 0.260 e. The van der Waals surface area contributed by atoms with Crippen LogP contribution in [0.1, 0.15) is 10.4 Å². The molecule has 19 heavy (non-hydrogen) atoms. The van der Waals surface area contributed by atoms with Gasteiger partial charge in [0.25, 0.3) is 5.91 Å². The standard InChI is InChI=1S/C13H18FNO4/c1-18-9-7-15(6-8-16)13(17)12-10(14)4-3-5-11(12)19-2/h3-5,16H,6-9H2,1-2H3. The number of halogens is 1. The Kier molecular flexibility index (Phi) is 6.24. The Hall–Kier alpha value is -1.66. The highest BCUT2D eigenvalue weighted by Crippen LogP contribution is 2.22. The van der Waals surface area contributed by atoms with Crippen LogP contribution in [-0.4, -0.2) is 56.4 Å². The quantitative estimate of drug-likeness (QED) is 0.801. The summed E-state index contributed by atoms with van der Waals surface area (Å²) in [6, 6.07) is 4.18. The van der Waals surface area contributed by atoms with Gasteiger partial charge in [0.2, 0.25) is 0 Å². The Morgan fingerprint density at radius 3 is 2.68 bits per heavy atom. The lowest BCUT2D eigenvalue weighted by Crippen LogP contribution is -2.36. The zero-order valence-corrected chi connectivity index (χ0v) is 11.1. The van der Waals surface area contributed by atoms with Crippen LogP contribution in [0.15, 0.2) is 18.2 Å². The van der Waals surface area contributed by atoms with Crippen LogP contribution in [0.2, 0.25) is 0 Å². The topological polar surface area (TPSA) is 59.0 Å². The SMILES string of the molecule is COCCN(CCO)C(=O)c1c(F)cccc1OC. The molecule has 0 aliphatic rings. The number of carbonyl (C=O) groups excluding carboxylic acids is 1. The van der Waals surface area contributed by atoms with Crippen LogP contribution in [0, 0.1) is 5.82 Å². The maximum atomic E-state index is 13.8. The van der Waals surface area contributed by atoms with E-state index in [1.165, 1.54) is 37.3 Å². The normalized spacial score (nSPS) is 10.3. The Balaban J connectivity index is 3.01. The van der Waals surface area contributed by atoms with Gasteiger partial charge in [-0.1, -0.05) is 6.07 Å². The molecule has 0 saturated carbocycles. The lowest BCUT2D eigenvalue weighted by Gasteiger charge is -2.22. The molecule has 0 aliphatic heterocycles. The molecule has 0 fully saturated rings. The van der Waals surface area contributed by atoms with Gasteiger partial charge in [0, 0.05) is 20.2 Å². The Labute approximate surface area is 111 Å². The van der Waals surface area contributed by atoms with E-state index in [2.05, 4.69) is 0 Å². The van der Waals surface area contributed by atoms with Crippen LogP contribution in [0.3, 0.4) is 0 Å². The number of ether oxygens (including phenoxy) is 2. The zero-order chi connectivity index (χ0) is 14.3. The average Bonchev–Trinajstić information content (AvgIpc) is 2.42. The highest BCUT2D eigenvalue weighted by atomic mass is 19.1. The van der Waals surface area contributed by atoms with Gasteiger partial charge in [-0.25, -0.2) is 4.39 Å². The summed E-state index contributed by atoms with van der Waals surface area (Å²) in [5, 5.41) is 8.97. The summed E-state index contributed by atoms with van der Waals surface area (Å²) in [7, 11) is 2.88. The third kappa shape index (κ3) is 3.90. The van der Waals surface area contributed by atoms with E-state index in [1.54, 1.807) is 0 Å². The molecule has 0 aliphatic carbocycles. The molecule has 106 valence electrons. The largest absolute Gasteiger partial charge is 0.496 e. The van der Waals surface area contributed by atoms with Gasteiger partial charge in [0.1, 0.15) is 17.1 Å². The van der Waals surface area contributed by atoms with Gasteiger partial charge in [0.15, 0.2) is 0 Å². The monoisotopic (exact) mass is 271 g/mol. The molecular weight excluding hydrogens is 253 g/mol. The number of nitrogens with zero attached hydrogens (tertiary/aromatic N) is 1. The number of amides is 1. The number of hydrogen-bond acceptors (Lipinski definition) is 4. The van der Waals surface area contributed by atoms with E-state index in [9.17, 15) is 9.18 Å². The van der Waals surface area contributed by atoms with Gasteiger partial charge in [-0.3, -0.25) is 4.79 Å². The van der Waals surface area contributed by atoms with E-state index in [-0.39, 0.29) is 31.0 Å². The first kappa shape index (κ1) is 15.4. The number of aliphatic hydroxyl groups excluding tert-OH is 1. The molecular formula is C13H18FNO4. The molecule has 5 nitrogen and oxygen atoms in total. The molecule has 6 heteroatoms. The summed E-state index contributed by atoms with van der Waals surface area (Å²) < 4.78 is 23.7. The number of hydrogen-bond donors (Lipinski definition) is 1. The molecule has 0 spiro atoms. The van der Waals surface area contributed by atoms with Crippen LogP contribution >= 0.6 is 0 Å². The number of aliphatic hydroxyl groups is 1. The fourth-order valence-corrected chi connectivity index (χ4v) is 1.68. The minimum atomic E-state index is -0.648. The van der Waals surface area contributed by atoms with Gasteiger partial charge in [-0.15, -0.1) is 0 Å². The molecule has 1 aromatic carbocycles. The van der Waals surface area contributed by atoms with Crippen LogP contribution in [0.25, 0.3) is 0 Å². The van der Waals surface area contributed by atoms with Crippen molar-refractivity contribution >= 4 is 5.91 Å². The van der Waals surface area contributed by atoms with Crippen LogP contribution in [-0.2, 0) is 4.74 Å². The molecule has 0 aromatic heterocycles. The summed E-state index contributed by atoms with van der Waals surface area (Å²) in [5.41, 5.74) is -0.130. The highest BCUT2D eigenvalue weighted by molar-refractivity contribution is 5.97. The molecule has 1 N–H and O–H groups in total. The van der Waals surface area contributed by atoms with Crippen molar-refractivity contribution in [2.24, 2.45) is 0 Å². The zero-order valence-electron chi connectivity index (χ0n) is 11.1. The van der Waals surface area contributed by atoms with Gasteiger partial charge in [0.05, 0.1) is 20.3 Å². The Morgan fingerprint density at radius 1 is 1.37 bits per heavy atom. The van der Waals surface area contributed by atoms with E-state index in [0.717, 1.165) is 0 Å². The van der Waals surface area contributed by atoms with Crippen LogP contribution in [0.5, 0.6) is 5.75 Å². The second-order valence-electron chi connectivity index (χ2n) is 3.83. The minimum absolute atomic E-state index is 0.111.